The van der Waals surface area contributed by atoms with Gasteiger partial charge in [0, 0.05) is 51.5 Å². The average Bonchev–Trinajstić information content (AvgIpc) is 3.10. The molecule has 3 heterocycles. The van der Waals surface area contributed by atoms with Crippen LogP contribution in [0.25, 0.3) is 0 Å². The van der Waals surface area contributed by atoms with Crippen LogP contribution < -0.4 is 0 Å². The van der Waals surface area contributed by atoms with Gasteiger partial charge in [-0.1, -0.05) is 0 Å². The molecule has 0 saturated carbocycles. The molecule has 2 aromatic rings. The average molecular weight is 361 g/mol. The summed E-state index contributed by atoms with van der Waals surface area (Å²) in [6.07, 6.45) is 2.03. The number of nitro groups is 1. The van der Waals surface area contributed by atoms with E-state index in [9.17, 15) is 14.9 Å². The number of amides is 1. The number of aryl methyl sites for hydroxylation is 3. The van der Waals surface area contributed by atoms with Crippen LogP contribution in [-0.2, 0) is 24.9 Å². The maximum atomic E-state index is 12.5. The van der Waals surface area contributed by atoms with Crippen LogP contribution in [0.15, 0.2) is 12.3 Å². The van der Waals surface area contributed by atoms with Crippen LogP contribution in [0.4, 0.5) is 5.82 Å². The second-order valence-electron chi connectivity index (χ2n) is 6.63. The summed E-state index contributed by atoms with van der Waals surface area (Å²) in [5.41, 5.74) is 2.84. The second-order valence-corrected chi connectivity index (χ2v) is 6.63. The molecule has 140 valence electrons. The van der Waals surface area contributed by atoms with Gasteiger partial charge in [-0.05, 0) is 18.8 Å². The molecule has 0 aromatic carbocycles. The van der Waals surface area contributed by atoms with Gasteiger partial charge in [0.1, 0.15) is 6.54 Å². The molecule has 0 spiro atoms. The van der Waals surface area contributed by atoms with Crippen molar-refractivity contribution in [2.24, 2.45) is 7.05 Å². The lowest BCUT2D eigenvalue weighted by molar-refractivity contribution is -0.389. The highest BCUT2D eigenvalue weighted by atomic mass is 16.6. The van der Waals surface area contributed by atoms with Crippen molar-refractivity contribution < 1.29 is 9.72 Å². The molecule has 26 heavy (non-hydrogen) atoms. The molecule has 10 nitrogen and oxygen atoms in total. The molecule has 1 aliphatic heterocycles. The van der Waals surface area contributed by atoms with Crippen molar-refractivity contribution in [2.45, 2.75) is 26.9 Å². The Morgan fingerprint density at radius 2 is 1.92 bits per heavy atom. The van der Waals surface area contributed by atoms with Gasteiger partial charge in [0.25, 0.3) is 0 Å². The third kappa shape index (κ3) is 3.90. The molecule has 0 unspecified atom stereocenters. The van der Waals surface area contributed by atoms with Gasteiger partial charge in [-0.25, -0.2) is 0 Å². The van der Waals surface area contributed by atoms with Crippen molar-refractivity contribution in [2.75, 3.05) is 26.2 Å². The van der Waals surface area contributed by atoms with Crippen molar-refractivity contribution in [3.05, 3.63) is 39.3 Å². The van der Waals surface area contributed by atoms with Gasteiger partial charge >= 0.3 is 5.82 Å². The smallest absolute Gasteiger partial charge is 0.358 e. The van der Waals surface area contributed by atoms with Crippen LogP contribution >= 0.6 is 0 Å². The molecule has 3 rings (SSSR count). The van der Waals surface area contributed by atoms with E-state index >= 15 is 0 Å². The standard InChI is InChI=1S/C16H23N7O3/c1-12-8-15(23(25)26)18-22(12)11-16(24)21-6-4-20(5-7-21)10-14-9-19(3)17-13(14)2/h8-9H,4-7,10-11H2,1-3H3. The van der Waals surface area contributed by atoms with Crippen LogP contribution in [0.3, 0.4) is 0 Å². The Labute approximate surface area is 151 Å². The van der Waals surface area contributed by atoms with Crippen molar-refractivity contribution in [1.82, 2.24) is 29.4 Å². The summed E-state index contributed by atoms with van der Waals surface area (Å²) >= 11 is 0. The summed E-state index contributed by atoms with van der Waals surface area (Å²) in [6.45, 7) is 7.42. The summed E-state index contributed by atoms with van der Waals surface area (Å²) in [7, 11) is 1.91. The fourth-order valence-corrected chi connectivity index (χ4v) is 3.17. The lowest BCUT2D eigenvalue weighted by Crippen LogP contribution is -2.49. The van der Waals surface area contributed by atoms with Crippen LogP contribution in [0.1, 0.15) is 17.0 Å². The molecule has 1 aliphatic rings. The molecule has 0 bridgehead atoms. The van der Waals surface area contributed by atoms with Gasteiger partial charge in [-0.3, -0.25) is 14.4 Å². The highest BCUT2D eigenvalue weighted by Crippen LogP contribution is 2.13. The predicted octanol–water partition coefficient (Wildman–Crippen LogP) is 0.486. The maximum absolute atomic E-state index is 12.5. The lowest BCUT2D eigenvalue weighted by atomic mass is 10.2. The van der Waals surface area contributed by atoms with E-state index in [1.165, 1.54) is 16.3 Å². The van der Waals surface area contributed by atoms with E-state index in [0.717, 1.165) is 25.3 Å². The number of nitrogens with zero attached hydrogens (tertiary/aromatic N) is 7. The first-order chi connectivity index (χ1) is 12.3. The van der Waals surface area contributed by atoms with Crippen molar-refractivity contribution in [3.8, 4) is 0 Å². The summed E-state index contributed by atoms with van der Waals surface area (Å²) in [5, 5.41) is 19.0. The summed E-state index contributed by atoms with van der Waals surface area (Å²) in [4.78, 5) is 26.8. The van der Waals surface area contributed by atoms with E-state index in [4.69, 9.17) is 0 Å². The number of hydrogen-bond acceptors (Lipinski definition) is 6. The van der Waals surface area contributed by atoms with Gasteiger partial charge in [0.15, 0.2) is 0 Å². The molecule has 2 aromatic heterocycles. The highest BCUT2D eigenvalue weighted by Gasteiger charge is 2.24. The number of carbonyl (C=O) groups is 1. The molecule has 1 fully saturated rings. The highest BCUT2D eigenvalue weighted by molar-refractivity contribution is 5.76. The van der Waals surface area contributed by atoms with Gasteiger partial charge in [0.2, 0.25) is 5.91 Å². The third-order valence-electron chi connectivity index (χ3n) is 4.67. The minimum atomic E-state index is -0.548. The Morgan fingerprint density at radius 3 is 2.46 bits per heavy atom. The normalized spacial score (nSPS) is 15.4. The molecule has 0 atom stereocenters. The second kappa shape index (κ2) is 7.24. The first-order valence-electron chi connectivity index (χ1n) is 8.51. The van der Waals surface area contributed by atoms with E-state index in [2.05, 4.69) is 15.1 Å². The summed E-state index contributed by atoms with van der Waals surface area (Å²) in [6, 6.07) is 1.38. The molecular weight excluding hydrogens is 338 g/mol. The topological polar surface area (TPSA) is 102 Å². The first kappa shape index (κ1) is 18.1. The first-order valence-corrected chi connectivity index (χ1v) is 8.51. The predicted molar refractivity (Wildman–Crippen MR) is 93.4 cm³/mol. The Morgan fingerprint density at radius 1 is 1.23 bits per heavy atom. The molecule has 0 radical (unpaired) electrons. The van der Waals surface area contributed by atoms with E-state index in [0.29, 0.717) is 18.8 Å². The zero-order chi connectivity index (χ0) is 18.8. The van der Waals surface area contributed by atoms with Crippen LogP contribution in [0.2, 0.25) is 0 Å². The molecular formula is C16H23N7O3. The van der Waals surface area contributed by atoms with Crippen molar-refractivity contribution in [1.29, 1.82) is 0 Å². The number of rotatable bonds is 5. The van der Waals surface area contributed by atoms with Gasteiger partial charge < -0.3 is 15.0 Å². The number of carbonyl (C=O) groups excluding carboxylic acids is 1. The van der Waals surface area contributed by atoms with Crippen molar-refractivity contribution >= 4 is 11.7 Å². The fraction of sp³-hybridized carbons (Fsp3) is 0.562. The van der Waals surface area contributed by atoms with E-state index in [1.807, 2.05) is 24.9 Å². The Hall–Kier alpha value is -2.75. The minimum Gasteiger partial charge on any atom is -0.358 e. The molecule has 0 aliphatic carbocycles. The number of piperazine rings is 1. The number of hydrogen-bond donors (Lipinski definition) is 0. The van der Waals surface area contributed by atoms with Crippen LogP contribution in [-0.4, -0.2) is 66.4 Å². The monoisotopic (exact) mass is 361 g/mol. The Kier molecular flexibility index (Phi) is 5.03. The van der Waals surface area contributed by atoms with Crippen LogP contribution in [0, 0.1) is 24.0 Å². The van der Waals surface area contributed by atoms with Gasteiger partial charge in [0.05, 0.1) is 22.6 Å². The van der Waals surface area contributed by atoms with Gasteiger partial charge in [-0.2, -0.15) is 9.78 Å². The van der Waals surface area contributed by atoms with Gasteiger partial charge in [-0.15, -0.1) is 0 Å². The molecule has 1 amide bonds. The molecule has 10 heteroatoms. The summed E-state index contributed by atoms with van der Waals surface area (Å²) in [5.74, 6) is -0.296. The number of aromatic nitrogens is 4. The zero-order valence-electron chi connectivity index (χ0n) is 15.3. The SMILES string of the molecule is Cc1nn(C)cc1CN1CCN(C(=O)Cn2nc([N+](=O)[O-])cc2C)CC1. The zero-order valence-corrected chi connectivity index (χ0v) is 15.3. The van der Waals surface area contributed by atoms with E-state index < -0.39 is 4.92 Å². The summed E-state index contributed by atoms with van der Waals surface area (Å²) < 4.78 is 3.21. The third-order valence-corrected chi connectivity index (χ3v) is 4.67. The largest absolute Gasteiger partial charge is 0.390 e. The Bertz CT molecular complexity index is 818. The fourth-order valence-electron chi connectivity index (χ4n) is 3.17. The molecule has 1 saturated heterocycles. The molecule has 0 N–H and O–H groups in total. The van der Waals surface area contributed by atoms with Crippen molar-refractivity contribution in [3.63, 3.8) is 0 Å². The van der Waals surface area contributed by atoms with E-state index in [-0.39, 0.29) is 18.3 Å². The Balaban J connectivity index is 1.53. The minimum absolute atomic E-state index is 0.0292. The van der Waals surface area contributed by atoms with Crippen LogP contribution in [0.5, 0.6) is 0 Å². The maximum Gasteiger partial charge on any atom is 0.390 e. The lowest BCUT2D eigenvalue weighted by Gasteiger charge is -2.34. The quantitative estimate of drug-likeness (QED) is 0.567. The van der Waals surface area contributed by atoms with E-state index in [1.54, 1.807) is 11.8 Å².